The van der Waals surface area contributed by atoms with Crippen LogP contribution in [-0.2, 0) is 26.2 Å². The van der Waals surface area contributed by atoms with E-state index >= 15 is 0 Å². The van der Waals surface area contributed by atoms with Crippen LogP contribution in [0.3, 0.4) is 0 Å². The molecule has 1 heterocycles. The standard InChI is InChI=1S/C36H35F4N3O2/c1-2-3-22-43-31(33(27-12-6-4-7-13-27)41-34(43)28-14-8-5-9-15-28)25-42(23-26-18-20-30(21-19-26)44-35(37)38)24-29-16-10-11-17-32(29)45-36(39)40/h4-21,35-36H,2-3,22-25H2,1H3. The van der Waals surface area contributed by atoms with Crippen LogP contribution >= 0.6 is 0 Å². The number of imidazole rings is 1. The number of hydrogen-bond donors (Lipinski definition) is 0. The Balaban J connectivity index is 1.59. The van der Waals surface area contributed by atoms with Gasteiger partial charge in [-0.1, -0.05) is 104 Å². The van der Waals surface area contributed by atoms with Gasteiger partial charge in [0.1, 0.15) is 17.3 Å². The summed E-state index contributed by atoms with van der Waals surface area (Å²) >= 11 is 0. The molecule has 45 heavy (non-hydrogen) atoms. The molecule has 234 valence electrons. The minimum Gasteiger partial charge on any atom is -0.435 e. The Morgan fingerprint density at radius 2 is 1.31 bits per heavy atom. The van der Waals surface area contributed by atoms with Crippen molar-refractivity contribution in [2.45, 2.75) is 59.2 Å². The number of para-hydroxylation sites is 1. The van der Waals surface area contributed by atoms with Crippen molar-refractivity contribution in [3.8, 4) is 34.1 Å². The molecule has 0 atom stereocenters. The molecule has 0 aliphatic rings. The number of halogens is 4. The van der Waals surface area contributed by atoms with E-state index < -0.39 is 13.2 Å². The SMILES string of the molecule is CCCCn1c(-c2ccccc2)nc(-c2ccccc2)c1CN(Cc1ccc(OC(F)F)cc1)Cc1ccccc1OC(F)F. The summed E-state index contributed by atoms with van der Waals surface area (Å²) in [6.45, 7) is -1.89. The van der Waals surface area contributed by atoms with Crippen molar-refractivity contribution < 1.29 is 27.0 Å². The van der Waals surface area contributed by atoms with Crippen molar-refractivity contribution in [1.82, 2.24) is 14.5 Å². The third kappa shape index (κ3) is 8.51. The van der Waals surface area contributed by atoms with E-state index in [-0.39, 0.29) is 18.0 Å². The first-order valence-electron chi connectivity index (χ1n) is 14.9. The van der Waals surface area contributed by atoms with Gasteiger partial charge in [-0.15, -0.1) is 0 Å². The van der Waals surface area contributed by atoms with E-state index in [9.17, 15) is 17.6 Å². The Hall–Kier alpha value is -4.63. The zero-order valence-corrected chi connectivity index (χ0v) is 25.0. The highest BCUT2D eigenvalue weighted by Crippen LogP contribution is 2.32. The maximum Gasteiger partial charge on any atom is 0.387 e. The van der Waals surface area contributed by atoms with E-state index in [1.807, 2.05) is 60.7 Å². The van der Waals surface area contributed by atoms with Crippen LogP contribution in [0.4, 0.5) is 17.6 Å². The Morgan fingerprint density at radius 3 is 1.96 bits per heavy atom. The third-order valence-corrected chi connectivity index (χ3v) is 7.40. The Labute approximate surface area is 260 Å². The lowest BCUT2D eigenvalue weighted by atomic mass is 10.1. The molecule has 0 unspecified atom stereocenters. The topological polar surface area (TPSA) is 39.5 Å². The zero-order chi connectivity index (χ0) is 31.6. The van der Waals surface area contributed by atoms with Gasteiger partial charge in [-0.3, -0.25) is 4.90 Å². The van der Waals surface area contributed by atoms with Gasteiger partial charge in [0.05, 0.1) is 11.4 Å². The second-order valence-corrected chi connectivity index (χ2v) is 10.6. The van der Waals surface area contributed by atoms with Gasteiger partial charge < -0.3 is 14.0 Å². The number of hydrogen-bond acceptors (Lipinski definition) is 4. The minimum absolute atomic E-state index is 0.0625. The highest BCUT2D eigenvalue weighted by molar-refractivity contribution is 5.68. The average Bonchev–Trinajstić information content (AvgIpc) is 3.40. The van der Waals surface area contributed by atoms with E-state index in [1.54, 1.807) is 30.3 Å². The van der Waals surface area contributed by atoms with Gasteiger partial charge in [-0.2, -0.15) is 17.6 Å². The fourth-order valence-corrected chi connectivity index (χ4v) is 5.34. The lowest BCUT2D eigenvalue weighted by molar-refractivity contribution is -0.0511. The van der Waals surface area contributed by atoms with Crippen LogP contribution in [0.15, 0.2) is 109 Å². The number of unbranched alkanes of at least 4 members (excludes halogenated alkanes) is 1. The number of ether oxygens (including phenoxy) is 2. The Kier molecular flexibility index (Phi) is 10.9. The normalized spacial score (nSPS) is 11.5. The quantitative estimate of drug-likeness (QED) is 0.110. The predicted octanol–water partition coefficient (Wildman–Crippen LogP) is 9.42. The molecule has 0 aliphatic carbocycles. The molecule has 0 aliphatic heterocycles. The van der Waals surface area contributed by atoms with Crippen LogP contribution in [0.1, 0.15) is 36.6 Å². The van der Waals surface area contributed by atoms with Crippen molar-refractivity contribution in [3.05, 3.63) is 126 Å². The smallest absolute Gasteiger partial charge is 0.387 e. The molecular weight excluding hydrogens is 582 g/mol. The van der Waals surface area contributed by atoms with Gasteiger partial charge >= 0.3 is 13.2 Å². The molecule has 5 rings (SSSR count). The summed E-state index contributed by atoms with van der Waals surface area (Å²) in [5.41, 5.74) is 5.23. The monoisotopic (exact) mass is 617 g/mol. The first-order chi connectivity index (χ1) is 21.9. The van der Waals surface area contributed by atoms with Gasteiger partial charge in [0.2, 0.25) is 0 Å². The summed E-state index contributed by atoms with van der Waals surface area (Å²) in [6, 6.07) is 33.2. The van der Waals surface area contributed by atoms with Gasteiger partial charge in [0.15, 0.2) is 0 Å². The van der Waals surface area contributed by atoms with E-state index in [0.717, 1.165) is 53.3 Å². The maximum atomic E-state index is 13.3. The summed E-state index contributed by atoms with van der Waals surface area (Å²) < 4.78 is 63.8. The van der Waals surface area contributed by atoms with Crippen molar-refractivity contribution in [1.29, 1.82) is 0 Å². The van der Waals surface area contributed by atoms with E-state index in [4.69, 9.17) is 9.72 Å². The summed E-state index contributed by atoms with van der Waals surface area (Å²) in [5, 5.41) is 0. The van der Waals surface area contributed by atoms with E-state index in [2.05, 4.69) is 21.1 Å². The van der Waals surface area contributed by atoms with Crippen LogP contribution in [0, 0.1) is 0 Å². The summed E-state index contributed by atoms with van der Waals surface area (Å²) in [4.78, 5) is 7.31. The number of rotatable bonds is 15. The van der Waals surface area contributed by atoms with E-state index in [0.29, 0.717) is 18.7 Å². The number of alkyl halides is 4. The maximum absolute atomic E-state index is 13.3. The largest absolute Gasteiger partial charge is 0.435 e. The second kappa shape index (κ2) is 15.4. The first-order valence-corrected chi connectivity index (χ1v) is 14.9. The summed E-state index contributed by atoms with van der Waals surface area (Å²) in [6.07, 6.45) is 1.93. The summed E-state index contributed by atoms with van der Waals surface area (Å²) in [7, 11) is 0. The molecule has 9 heteroatoms. The molecular formula is C36H35F4N3O2. The molecule has 0 N–H and O–H groups in total. The number of benzene rings is 4. The number of nitrogens with zero attached hydrogens (tertiary/aromatic N) is 3. The van der Waals surface area contributed by atoms with E-state index in [1.165, 1.54) is 18.2 Å². The van der Waals surface area contributed by atoms with Gasteiger partial charge in [-0.25, -0.2) is 4.98 Å². The molecule has 5 aromatic rings. The van der Waals surface area contributed by atoms with Crippen molar-refractivity contribution >= 4 is 0 Å². The molecule has 0 fully saturated rings. The molecule has 0 radical (unpaired) electrons. The molecule has 1 aromatic heterocycles. The van der Waals surface area contributed by atoms with Crippen molar-refractivity contribution in [3.63, 3.8) is 0 Å². The lowest BCUT2D eigenvalue weighted by Crippen LogP contribution is -2.25. The van der Waals surface area contributed by atoms with Crippen LogP contribution in [-0.4, -0.2) is 27.7 Å². The predicted molar refractivity (Wildman–Crippen MR) is 167 cm³/mol. The Morgan fingerprint density at radius 1 is 0.689 bits per heavy atom. The van der Waals surface area contributed by atoms with Crippen molar-refractivity contribution in [2.24, 2.45) is 0 Å². The molecule has 0 saturated carbocycles. The van der Waals surface area contributed by atoms with Crippen LogP contribution in [0.5, 0.6) is 11.5 Å². The molecule has 0 spiro atoms. The molecule has 4 aromatic carbocycles. The zero-order valence-electron chi connectivity index (χ0n) is 25.0. The van der Waals surface area contributed by atoms with Crippen LogP contribution in [0.25, 0.3) is 22.6 Å². The summed E-state index contributed by atoms with van der Waals surface area (Å²) in [5.74, 6) is 1.02. The van der Waals surface area contributed by atoms with Gasteiger partial charge in [0, 0.05) is 42.9 Å². The minimum atomic E-state index is -2.96. The third-order valence-electron chi connectivity index (χ3n) is 7.40. The lowest BCUT2D eigenvalue weighted by Gasteiger charge is -2.25. The fraction of sp³-hybridized carbons (Fsp3) is 0.250. The molecule has 0 bridgehead atoms. The average molecular weight is 618 g/mol. The van der Waals surface area contributed by atoms with Crippen LogP contribution < -0.4 is 9.47 Å². The van der Waals surface area contributed by atoms with Crippen LogP contribution in [0.2, 0.25) is 0 Å². The highest BCUT2D eigenvalue weighted by atomic mass is 19.3. The Bertz CT molecular complexity index is 1630. The van der Waals surface area contributed by atoms with Gasteiger partial charge in [0.25, 0.3) is 0 Å². The van der Waals surface area contributed by atoms with Gasteiger partial charge in [-0.05, 0) is 30.2 Å². The molecule has 0 amide bonds. The number of aromatic nitrogens is 2. The molecule has 5 nitrogen and oxygen atoms in total. The molecule has 0 saturated heterocycles. The fourth-order valence-electron chi connectivity index (χ4n) is 5.34. The van der Waals surface area contributed by atoms with Crippen molar-refractivity contribution in [2.75, 3.05) is 0 Å². The first kappa shape index (κ1) is 31.8. The second-order valence-electron chi connectivity index (χ2n) is 10.6. The highest BCUT2D eigenvalue weighted by Gasteiger charge is 2.23.